The van der Waals surface area contributed by atoms with Crippen molar-refractivity contribution in [2.45, 2.75) is 57.9 Å². The summed E-state index contributed by atoms with van der Waals surface area (Å²) in [6.45, 7) is 3.95. The molecule has 0 radical (unpaired) electrons. The summed E-state index contributed by atoms with van der Waals surface area (Å²) in [5.74, 6) is 1.97. The van der Waals surface area contributed by atoms with Gasteiger partial charge in [-0.3, -0.25) is 4.79 Å². The monoisotopic (exact) mass is 456 g/mol. The SMILES string of the molecule is CCNC(=NCC(=O)NC1CCCCC1)NCCCCSC.I. The molecule has 3 N–H and O–H groups in total. The van der Waals surface area contributed by atoms with Crippen LogP contribution in [0.15, 0.2) is 4.99 Å². The fourth-order valence-electron chi connectivity index (χ4n) is 2.59. The second-order valence-corrected chi connectivity index (χ2v) is 6.71. The normalized spacial score (nSPS) is 15.7. The van der Waals surface area contributed by atoms with Crippen molar-refractivity contribution in [3.8, 4) is 0 Å². The lowest BCUT2D eigenvalue weighted by atomic mass is 9.95. The number of hydrogen-bond donors (Lipinski definition) is 3. The van der Waals surface area contributed by atoms with Gasteiger partial charge in [0.05, 0.1) is 0 Å². The molecule has 0 bridgehead atoms. The first-order valence-electron chi connectivity index (χ1n) is 8.56. The van der Waals surface area contributed by atoms with Crippen molar-refractivity contribution < 1.29 is 4.79 Å². The van der Waals surface area contributed by atoms with Gasteiger partial charge in [0.25, 0.3) is 0 Å². The Morgan fingerprint density at radius 1 is 1.17 bits per heavy atom. The minimum atomic E-state index is 0. The summed E-state index contributed by atoms with van der Waals surface area (Å²) in [7, 11) is 0. The maximum Gasteiger partial charge on any atom is 0.242 e. The van der Waals surface area contributed by atoms with Crippen LogP contribution in [-0.2, 0) is 4.79 Å². The summed E-state index contributed by atoms with van der Waals surface area (Å²) >= 11 is 1.87. The van der Waals surface area contributed by atoms with E-state index in [0.717, 1.165) is 38.3 Å². The Labute approximate surface area is 162 Å². The van der Waals surface area contributed by atoms with Gasteiger partial charge < -0.3 is 16.0 Å². The Balaban J connectivity index is 0.00000484. The van der Waals surface area contributed by atoms with Crippen LogP contribution in [0.2, 0.25) is 0 Å². The third kappa shape index (κ3) is 11.9. The molecule has 0 unspecified atom stereocenters. The number of unbranched alkanes of at least 4 members (excludes halogenated alkanes) is 1. The molecule has 1 rings (SSSR count). The number of nitrogens with zero attached hydrogens (tertiary/aromatic N) is 1. The van der Waals surface area contributed by atoms with Crippen molar-refractivity contribution in [1.82, 2.24) is 16.0 Å². The number of carbonyl (C=O) groups excluding carboxylic acids is 1. The lowest BCUT2D eigenvalue weighted by Crippen LogP contribution is -2.40. The molecule has 7 heteroatoms. The van der Waals surface area contributed by atoms with E-state index in [1.54, 1.807) is 0 Å². The van der Waals surface area contributed by atoms with Crippen LogP contribution in [-0.4, -0.2) is 49.6 Å². The number of halogens is 1. The largest absolute Gasteiger partial charge is 0.357 e. The van der Waals surface area contributed by atoms with Gasteiger partial charge in [0.1, 0.15) is 6.54 Å². The third-order valence-electron chi connectivity index (χ3n) is 3.76. The molecule has 1 saturated carbocycles. The summed E-state index contributed by atoms with van der Waals surface area (Å²) in [6.07, 6.45) is 10.4. The number of nitrogens with one attached hydrogen (secondary N) is 3. The fraction of sp³-hybridized carbons (Fsp3) is 0.875. The molecule has 5 nitrogen and oxygen atoms in total. The van der Waals surface area contributed by atoms with Crippen molar-refractivity contribution in [2.75, 3.05) is 31.6 Å². The van der Waals surface area contributed by atoms with Crippen LogP contribution >= 0.6 is 35.7 Å². The molecule has 0 heterocycles. The summed E-state index contributed by atoms with van der Waals surface area (Å²) in [4.78, 5) is 16.3. The number of guanidine groups is 1. The molecule has 23 heavy (non-hydrogen) atoms. The molecule has 0 aromatic heterocycles. The molecule has 1 aliphatic rings. The second-order valence-electron chi connectivity index (χ2n) is 5.72. The van der Waals surface area contributed by atoms with Crippen LogP contribution in [0.3, 0.4) is 0 Å². The van der Waals surface area contributed by atoms with E-state index in [-0.39, 0.29) is 36.4 Å². The molecule has 0 aromatic rings. The lowest BCUT2D eigenvalue weighted by Gasteiger charge is -2.22. The van der Waals surface area contributed by atoms with Gasteiger partial charge in [0.15, 0.2) is 5.96 Å². The van der Waals surface area contributed by atoms with E-state index in [1.807, 2.05) is 18.7 Å². The van der Waals surface area contributed by atoms with Crippen LogP contribution in [0, 0.1) is 0 Å². The quantitative estimate of drug-likeness (QED) is 0.216. The summed E-state index contributed by atoms with van der Waals surface area (Å²) in [5, 5.41) is 9.57. The van der Waals surface area contributed by atoms with E-state index < -0.39 is 0 Å². The second kappa shape index (κ2) is 15.4. The number of thioether (sulfide) groups is 1. The number of amides is 1. The molecule has 1 fully saturated rings. The molecular weight excluding hydrogens is 423 g/mol. The zero-order valence-corrected chi connectivity index (χ0v) is 17.7. The molecule has 0 atom stereocenters. The predicted molar refractivity (Wildman–Crippen MR) is 112 cm³/mol. The van der Waals surface area contributed by atoms with Crippen LogP contribution < -0.4 is 16.0 Å². The van der Waals surface area contributed by atoms with Gasteiger partial charge in [-0.2, -0.15) is 11.8 Å². The Morgan fingerprint density at radius 3 is 2.57 bits per heavy atom. The minimum absolute atomic E-state index is 0. The van der Waals surface area contributed by atoms with Gasteiger partial charge >= 0.3 is 0 Å². The Hall–Kier alpha value is -0.180. The lowest BCUT2D eigenvalue weighted by molar-refractivity contribution is -0.120. The van der Waals surface area contributed by atoms with E-state index in [0.29, 0.717) is 6.04 Å². The highest BCUT2D eigenvalue weighted by atomic mass is 127. The maximum absolute atomic E-state index is 12.0. The molecule has 136 valence electrons. The van der Waals surface area contributed by atoms with Crippen LogP contribution in [0.4, 0.5) is 0 Å². The summed E-state index contributed by atoms with van der Waals surface area (Å²) in [6, 6.07) is 0.360. The van der Waals surface area contributed by atoms with Crippen molar-refractivity contribution >= 4 is 47.6 Å². The van der Waals surface area contributed by atoms with Gasteiger partial charge in [-0.25, -0.2) is 4.99 Å². The van der Waals surface area contributed by atoms with Crippen molar-refractivity contribution in [3.63, 3.8) is 0 Å². The molecule has 0 aliphatic heterocycles. The Kier molecular flexibility index (Phi) is 15.2. The molecule has 0 aromatic carbocycles. The van der Waals surface area contributed by atoms with Crippen LogP contribution in [0.25, 0.3) is 0 Å². The van der Waals surface area contributed by atoms with Crippen molar-refractivity contribution in [1.29, 1.82) is 0 Å². The molecular formula is C16H33IN4OS. The highest BCUT2D eigenvalue weighted by Gasteiger charge is 2.15. The molecule has 1 amide bonds. The maximum atomic E-state index is 12.0. The zero-order valence-electron chi connectivity index (χ0n) is 14.5. The van der Waals surface area contributed by atoms with Crippen LogP contribution in [0.5, 0.6) is 0 Å². The standard InChI is InChI=1S/C16H32N4OS.HI/c1-3-17-16(18-11-7-8-12-22-2)19-13-15(21)20-14-9-5-4-6-10-14;/h14H,3-13H2,1-2H3,(H,20,21)(H2,17,18,19);1H. The smallest absolute Gasteiger partial charge is 0.242 e. The number of hydrogen-bond acceptors (Lipinski definition) is 3. The zero-order chi connectivity index (χ0) is 16.0. The molecule has 0 spiro atoms. The average Bonchev–Trinajstić information content (AvgIpc) is 2.53. The Bertz CT molecular complexity index is 336. The number of aliphatic imine (C=N–C) groups is 1. The van der Waals surface area contributed by atoms with Crippen LogP contribution in [0.1, 0.15) is 51.9 Å². The number of rotatable bonds is 9. The topological polar surface area (TPSA) is 65.5 Å². The number of carbonyl (C=O) groups is 1. The van der Waals surface area contributed by atoms with Gasteiger partial charge in [0, 0.05) is 19.1 Å². The first kappa shape index (κ1) is 22.8. The van der Waals surface area contributed by atoms with Gasteiger partial charge in [-0.1, -0.05) is 19.3 Å². The highest BCUT2D eigenvalue weighted by Crippen LogP contribution is 2.17. The first-order chi connectivity index (χ1) is 10.8. The minimum Gasteiger partial charge on any atom is -0.357 e. The van der Waals surface area contributed by atoms with E-state index in [9.17, 15) is 4.79 Å². The third-order valence-corrected chi connectivity index (χ3v) is 4.46. The molecule has 1 aliphatic carbocycles. The fourth-order valence-corrected chi connectivity index (χ4v) is 3.08. The average molecular weight is 456 g/mol. The molecule has 0 saturated heterocycles. The first-order valence-corrected chi connectivity index (χ1v) is 9.96. The van der Waals surface area contributed by atoms with E-state index in [1.165, 1.54) is 31.4 Å². The van der Waals surface area contributed by atoms with Gasteiger partial charge in [-0.05, 0) is 44.6 Å². The van der Waals surface area contributed by atoms with Crippen molar-refractivity contribution in [3.05, 3.63) is 0 Å². The van der Waals surface area contributed by atoms with Gasteiger partial charge in [0.2, 0.25) is 5.91 Å². The van der Waals surface area contributed by atoms with E-state index in [2.05, 4.69) is 27.2 Å². The summed E-state index contributed by atoms with van der Waals surface area (Å²) < 4.78 is 0. The van der Waals surface area contributed by atoms with E-state index in [4.69, 9.17) is 0 Å². The Morgan fingerprint density at radius 2 is 1.91 bits per heavy atom. The van der Waals surface area contributed by atoms with E-state index >= 15 is 0 Å². The van der Waals surface area contributed by atoms with Crippen molar-refractivity contribution in [2.24, 2.45) is 4.99 Å². The summed E-state index contributed by atoms with van der Waals surface area (Å²) in [5.41, 5.74) is 0. The van der Waals surface area contributed by atoms with Gasteiger partial charge in [-0.15, -0.1) is 24.0 Å². The highest BCUT2D eigenvalue weighted by molar-refractivity contribution is 14.0. The predicted octanol–water partition coefficient (Wildman–Crippen LogP) is 2.75.